The van der Waals surface area contributed by atoms with Gasteiger partial charge in [0.15, 0.2) is 5.82 Å². The summed E-state index contributed by atoms with van der Waals surface area (Å²) in [5.41, 5.74) is 19.1. The highest BCUT2D eigenvalue weighted by molar-refractivity contribution is 7.99. The van der Waals surface area contributed by atoms with Crippen molar-refractivity contribution >= 4 is 11.8 Å². The van der Waals surface area contributed by atoms with E-state index in [0.717, 1.165) is 50.3 Å². The summed E-state index contributed by atoms with van der Waals surface area (Å²) in [4.78, 5) is 13.4. The van der Waals surface area contributed by atoms with Gasteiger partial charge in [-0.1, -0.05) is 206 Å². The Kier molecular flexibility index (Phi) is 8.69. The van der Waals surface area contributed by atoms with Crippen molar-refractivity contribution in [2.75, 3.05) is 0 Å². The Labute approximate surface area is 366 Å². The third-order valence-electron chi connectivity index (χ3n) is 12.6. The van der Waals surface area contributed by atoms with Crippen LogP contribution in [-0.4, -0.2) is 9.97 Å². The normalized spacial score (nSPS) is 12.9. The third kappa shape index (κ3) is 5.89. The quantitative estimate of drug-likeness (QED) is 0.167. The van der Waals surface area contributed by atoms with Gasteiger partial charge in [-0.25, -0.2) is 9.97 Å². The van der Waals surface area contributed by atoms with Crippen molar-refractivity contribution in [1.82, 2.24) is 9.97 Å². The fourth-order valence-corrected chi connectivity index (χ4v) is 11.0. The second-order valence-corrected chi connectivity index (χ2v) is 17.1. The number of rotatable bonds is 6. The fraction of sp³-hybridized carbons (Fsp3) is 0.0169. The van der Waals surface area contributed by atoms with E-state index >= 15 is 0 Å². The van der Waals surface area contributed by atoms with Gasteiger partial charge in [-0.05, 0) is 103 Å². The van der Waals surface area contributed by atoms with Gasteiger partial charge in [-0.2, -0.15) is 0 Å². The standard InChI is InChI=1S/C59H38N2S/c1-3-17-39(18-4-1)41-21-15-23-44(35-41)54-38-55(45-24-16-22-42(36-45)40-19-5-2-6-20-40)61-58(60-54)49-28-8-7-25-46(49)43-33-34-57-53(37-43)59(52-31-13-14-32-56(52)62-57)50-29-11-9-26-47(50)48-27-10-12-30-51(48)59/h1-38H. The Morgan fingerprint density at radius 1 is 0.274 bits per heavy atom. The Bertz CT molecular complexity index is 3190. The van der Waals surface area contributed by atoms with E-state index in [1.165, 1.54) is 54.3 Å². The molecule has 2 heterocycles. The lowest BCUT2D eigenvalue weighted by atomic mass is 9.67. The Morgan fingerprint density at radius 2 is 0.726 bits per heavy atom. The van der Waals surface area contributed by atoms with E-state index in [0.29, 0.717) is 5.82 Å². The molecule has 0 saturated carbocycles. The molecule has 0 N–H and O–H groups in total. The largest absolute Gasteiger partial charge is 0.228 e. The monoisotopic (exact) mass is 806 g/mol. The smallest absolute Gasteiger partial charge is 0.161 e. The Balaban J connectivity index is 1.06. The zero-order chi connectivity index (χ0) is 41.0. The maximum absolute atomic E-state index is 5.43. The van der Waals surface area contributed by atoms with Gasteiger partial charge in [0.05, 0.1) is 16.8 Å². The minimum atomic E-state index is -0.466. The first-order chi connectivity index (χ1) is 30.7. The van der Waals surface area contributed by atoms with Crippen molar-refractivity contribution in [2.24, 2.45) is 0 Å². The summed E-state index contributed by atoms with van der Waals surface area (Å²) >= 11 is 1.87. The van der Waals surface area contributed by atoms with Crippen LogP contribution in [0.25, 0.3) is 78.4 Å². The highest BCUT2D eigenvalue weighted by Crippen LogP contribution is 2.62. The van der Waals surface area contributed by atoms with E-state index in [-0.39, 0.29) is 0 Å². The van der Waals surface area contributed by atoms with Crippen molar-refractivity contribution in [3.05, 3.63) is 253 Å². The maximum Gasteiger partial charge on any atom is 0.161 e. The van der Waals surface area contributed by atoms with Crippen LogP contribution in [0.2, 0.25) is 0 Å². The molecule has 0 radical (unpaired) electrons. The molecule has 1 aliphatic heterocycles. The zero-order valence-corrected chi connectivity index (χ0v) is 34.6. The summed E-state index contributed by atoms with van der Waals surface area (Å²) in [5, 5.41) is 0. The molecule has 1 aromatic heterocycles. The van der Waals surface area contributed by atoms with Crippen molar-refractivity contribution in [3.63, 3.8) is 0 Å². The molecule has 290 valence electrons. The second-order valence-electron chi connectivity index (χ2n) is 16.1. The molecule has 2 nitrogen and oxygen atoms in total. The minimum absolute atomic E-state index is 0.466. The summed E-state index contributed by atoms with van der Waals surface area (Å²) < 4.78 is 0. The van der Waals surface area contributed by atoms with Crippen LogP contribution in [0, 0.1) is 0 Å². The third-order valence-corrected chi connectivity index (χ3v) is 13.7. The van der Waals surface area contributed by atoms with Gasteiger partial charge in [-0.15, -0.1) is 0 Å². The number of hydrogen-bond donors (Lipinski definition) is 0. The Hall–Kier alpha value is -7.59. The lowest BCUT2D eigenvalue weighted by Gasteiger charge is -2.40. The summed E-state index contributed by atoms with van der Waals surface area (Å²) in [5.74, 6) is 0.687. The molecule has 0 amide bonds. The predicted molar refractivity (Wildman–Crippen MR) is 256 cm³/mol. The van der Waals surface area contributed by atoms with Crippen molar-refractivity contribution in [1.29, 1.82) is 0 Å². The van der Waals surface area contributed by atoms with Crippen LogP contribution in [0.15, 0.2) is 240 Å². The molecule has 12 rings (SSSR count). The van der Waals surface area contributed by atoms with E-state index in [1.807, 2.05) is 11.8 Å². The lowest BCUT2D eigenvalue weighted by molar-refractivity contribution is 0.723. The first kappa shape index (κ1) is 36.3. The number of hydrogen-bond acceptors (Lipinski definition) is 3. The molecular weight excluding hydrogens is 769 g/mol. The van der Waals surface area contributed by atoms with Crippen LogP contribution in [0.1, 0.15) is 22.3 Å². The van der Waals surface area contributed by atoms with Gasteiger partial charge in [0.1, 0.15) is 0 Å². The lowest BCUT2D eigenvalue weighted by Crippen LogP contribution is -2.32. The van der Waals surface area contributed by atoms with Crippen LogP contribution >= 0.6 is 11.8 Å². The molecule has 10 aromatic rings. The van der Waals surface area contributed by atoms with Gasteiger partial charge in [0.2, 0.25) is 0 Å². The first-order valence-electron chi connectivity index (χ1n) is 21.1. The van der Waals surface area contributed by atoms with E-state index in [1.54, 1.807) is 0 Å². The molecule has 3 heteroatoms. The SMILES string of the molecule is c1ccc(-c2cccc(-c3cc(-c4cccc(-c5ccccc5)c4)nc(-c4ccccc4-c4ccc5c(c4)C4(c6ccccc6S5)c5ccccc5-c5ccccc54)n3)c2)cc1. The average Bonchev–Trinajstić information content (AvgIpc) is 3.65. The van der Waals surface area contributed by atoms with Crippen LogP contribution < -0.4 is 0 Å². The van der Waals surface area contributed by atoms with E-state index in [2.05, 4.69) is 231 Å². The number of benzene rings is 9. The molecule has 0 unspecified atom stereocenters. The van der Waals surface area contributed by atoms with Gasteiger partial charge >= 0.3 is 0 Å². The Morgan fingerprint density at radius 3 is 1.32 bits per heavy atom. The van der Waals surface area contributed by atoms with Crippen LogP contribution in [0.4, 0.5) is 0 Å². The number of aromatic nitrogens is 2. The van der Waals surface area contributed by atoms with Crippen molar-refractivity contribution in [2.45, 2.75) is 15.2 Å². The summed E-state index contributed by atoms with van der Waals surface area (Å²) in [6, 6.07) is 83.3. The highest BCUT2D eigenvalue weighted by atomic mass is 32.2. The van der Waals surface area contributed by atoms with Crippen LogP contribution in [0.5, 0.6) is 0 Å². The molecule has 62 heavy (non-hydrogen) atoms. The van der Waals surface area contributed by atoms with Crippen molar-refractivity contribution < 1.29 is 0 Å². The van der Waals surface area contributed by atoms with E-state index in [4.69, 9.17) is 9.97 Å². The minimum Gasteiger partial charge on any atom is -0.228 e. The summed E-state index contributed by atoms with van der Waals surface area (Å²) in [6.45, 7) is 0. The molecule has 1 aliphatic carbocycles. The molecule has 0 fully saturated rings. The summed E-state index contributed by atoms with van der Waals surface area (Å²) in [7, 11) is 0. The molecule has 0 atom stereocenters. The molecule has 0 bridgehead atoms. The molecule has 0 saturated heterocycles. The van der Waals surface area contributed by atoms with Gasteiger partial charge in [0, 0.05) is 26.5 Å². The van der Waals surface area contributed by atoms with Crippen molar-refractivity contribution in [3.8, 4) is 78.4 Å². The number of fused-ring (bicyclic) bond motifs is 9. The predicted octanol–water partition coefficient (Wildman–Crippen LogP) is 15.3. The molecule has 9 aromatic carbocycles. The first-order valence-corrected chi connectivity index (χ1v) is 22.0. The van der Waals surface area contributed by atoms with E-state index in [9.17, 15) is 0 Å². The number of nitrogens with zero attached hydrogens (tertiary/aromatic N) is 2. The van der Waals surface area contributed by atoms with Gasteiger partial charge < -0.3 is 0 Å². The molecular formula is C59H38N2S. The van der Waals surface area contributed by atoms with Crippen LogP contribution in [0.3, 0.4) is 0 Å². The molecule has 2 aliphatic rings. The second kappa shape index (κ2) is 14.8. The fourth-order valence-electron chi connectivity index (χ4n) is 9.79. The summed E-state index contributed by atoms with van der Waals surface area (Å²) in [6.07, 6.45) is 0. The highest BCUT2D eigenvalue weighted by Gasteiger charge is 2.50. The average molecular weight is 807 g/mol. The maximum atomic E-state index is 5.43. The topological polar surface area (TPSA) is 25.8 Å². The van der Waals surface area contributed by atoms with Gasteiger partial charge in [0.25, 0.3) is 0 Å². The van der Waals surface area contributed by atoms with E-state index < -0.39 is 5.41 Å². The van der Waals surface area contributed by atoms with Crippen LogP contribution in [-0.2, 0) is 5.41 Å². The zero-order valence-electron chi connectivity index (χ0n) is 33.7. The molecule has 1 spiro atoms. The van der Waals surface area contributed by atoms with Gasteiger partial charge in [-0.3, -0.25) is 0 Å².